The summed E-state index contributed by atoms with van der Waals surface area (Å²) in [4.78, 5) is 18.5. The summed E-state index contributed by atoms with van der Waals surface area (Å²) in [6.45, 7) is 5.40. The quantitative estimate of drug-likeness (QED) is 0.750. The zero-order chi connectivity index (χ0) is 19.8. The smallest absolute Gasteiger partial charge is 0.311 e. The van der Waals surface area contributed by atoms with Crippen LogP contribution in [0, 0.1) is 13.8 Å². The lowest BCUT2D eigenvalue weighted by molar-refractivity contribution is -0.127. The van der Waals surface area contributed by atoms with Gasteiger partial charge in [0.05, 0.1) is 24.4 Å². The third kappa shape index (κ3) is 4.45. The number of rotatable bonds is 4. The number of aryl methyl sites for hydroxylation is 2. The third-order valence-corrected chi connectivity index (χ3v) is 4.34. The van der Waals surface area contributed by atoms with Crippen molar-refractivity contribution in [2.75, 3.05) is 0 Å². The van der Waals surface area contributed by atoms with Crippen LogP contribution in [0.5, 0.6) is 0 Å². The third-order valence-electron chi connectivity index (χ3n) is 4.34. The first-order valence-corrected chi connectivity index (χ1v) is 8.41. The highest BCUT2D eigenvalue weighted by molar-refractivity contribution is 5.56. The number of aromatic nitrogens is 4. The molecular formula is C19H19F3N4O. The average Bonchev–Trinajstić information content (AvgIpc) is 3.02. The molecule has 1 N–H and O–H groups in total. The maximum absolute atomic E-state index is 12.6. The number of aromatic amines is 1. The molecule has 0 aliphatic rings. The predicted molar refractivity (Wildman–Crippen MR) is 95.6 cm³/mol. The Hall–Kier alpha value is -2.90. The summed E-state index contributed by atoms with van der Waals surface area (Å²) in [5.41, 5.74) is 2.86. The SMILES string of the molecule is Cc1nc(-c2cnn([C@@H](C)c3ccc(CC(F)(F)F)cc3C)c2)cc(=O)[nH]1. The molecule has 27 heavy (non-hydrogen) atoms. The van der Waals surface area contributed by atoms with Crippen LogP contribution in [0.1, 0.15) is 35.5 Å². The number of halogens is 3. The van der Waals surface area contributed by atoms with Gasteiger partial charge in [0.25, 0.3) is 5.56 Å². The zero-order valence-electron chi connectivity index (χ0n) is 15.1. The predicted octanol–water partition coefficient (Wildman–Crippen LogP) is 3.96. The molecule has 3 aromatic rings. The van der Waals surface area contributed by atoms with Crippen LogP contribution in [0.25, 0.3) is 11.3 Å². The Morgan fingerprint density at radius 2 is 1.96 bits per heavy atom. The molecule has 142 valence electrons. The minimum absolute atomic E-state index is 0.179. The molecule has 0 aliphatic heterocycles. The number of hydrogen-bond donors (Lipinski definition) is 1. The first kappa shape index (κ1) is 18.9. The molecule has 1 atom stereocenters. The summed E-state index contributed by atoms with van der Waals surface area (Å²) in [6.07, 6.45) is -1.78. The maximum Gasteiger partial charge on any atom is 0.393 e. The van der Waals surface area contributed by atoms with Gasteiger partial charge in [0.2, 0.25) is 0 Å². The van der Waals surface area contributed by atoms with E-state index in [9.17, 15) is 18.0 Å². The van der Waals surface area contributed by atoms with Gasteiger partial charge in [-0.15, -0.1) is 0 Å². The molecule has 1 aromatic carbocycles. The van der Waals surface area contributed by atoms with E-state index in [0.29, 0.717) is 17.1 Å². The summed E-state index contributed by atoms with van der Waals surface area (Å²) in [5, 5.41) is 4.34. The summed E-state index contributed by atoms with van der Waals surface area (Å²) in [5.74, 6) is 0.509. The largest absolute Gasteiger partial charge is 0.393 e. The molecule has 3 rings (SSSR count). The van der Waals surface area contributed by atoms with E-state index in [1.165, 1.54) is 12.1 Å². The standard InChI is InChI=1S/C19H19F3N4O/c1-11-6-14(8-19(20,21)22)4-5-16(11)12(2)26-10-15(9-23-26)17-7-18(27)25-13(3)24-17/h4-7,9-10,12H,8H2,1-3H3,(H,24,25,27)/t12-/m0/s1. The normalized spacial score (nSPS) is 13.0. The molecule has 0 bridgehead atoms. The monoisotopic (exact) mass is 376 g/mol. The van der Waals surface area contributed by atoms with Gasteiger partial charge in [0.1, 0.15) is 5.82 Å². The highest BCUT2D eigenvalue weighted by atomic mass is 19.4. The van der Waals surface area contributed by atoms with Crippen LogP contribution in [-0.4, -0.2) is 25.9 Å². The van der Waals surface area contributed by atoms with Crippen molar-refractivity contribution in [3.63, 3.8) is 0 Å². The van der Waals surface area contributed by atoms with Gasteiger partial charge in [0.15, 0.2) is 0 Å². The first-order valence-electron chi connectivity index (χ1n) is 8.41. The van der Waals surface area contributed by atoms with Gasteiger partial charge >= 0.3 is 6.18 Å². The van der Waals surface area contributed by atoms with E-state index in [4.69, 9.17) is 0 Å². The fourth-order valence-electron chi connectivity index (χ4n) is 3.10. The van der Waals surface area contributed by atoms with Crippen LogP contribution >= 0.6 is 0 Å². The summed E-state index contributed by atoms with van der Waals surface area (Å²) in [6, 6.07) is 5.99. The van der Waals surface area contributed by atoms with Crippen molar-refractivity contribution >= 4 is 0 Å². The highest BCUT2D eigenvalue weighted by Crippen LogP contribution is 2.27. The Balaban J connectivity index is 1.87. The maximum atomic E-state index is 12.6. The molecule has 0 spiro atoms. The number of benzene rings is 1. The van der Waals surface area contributed by atoms with E-state index in [2.05, 4.69) is 15.1 Å². The molecule has 2 heterocycles. The van der Waals surface area contributed by atoms with E-state index in [0.717, 1.165) is 11.1 Å². The van der Waals surface area contributed by atoms with Gasteiger partial charge < -0.3 is 4.98 Å². The zero-order valence-corrected chi connectivity index (χ0v) is 15.1. The Kier molecular flexibility index (Phi) is 4.91. The Labute approximate surface area is 153 Å². The number of nitrogens with one attached hydrogen (secondary N) is 1. The lowest BCUT2D eigenvalue weighted by atomic mass is 9.98. The van der Waals surface area contributed by atoms with E-state index < -0.39 is 12.6 Å². The fourth-order valence-corrected chi connectivity index (χ4v) is 3.10. The summed E-state index contributed by atoms with van der Waals surface area (Å²) in [7, 11) is 0. The molecule has 0 saturated carbocycles. The minimum Gasteiger partial charge on any atom is -0.311 e. The van der Waals surface area contributed by atoms with Gasteiger partial charge in [0, 0.05) is 17.8 Å². The van der Waals surface area contributed by atoms with Crippen molar-refractivity contribution in [2.45, 2.75) is 39.4 Å². The van der Waals surface area contributed by atoms with Gasteiger partial charge in [-0.05, 0) is 37.5 Å². The van der Waals surface area contributed by atoms with Crippen LogP contribution in [0.2, 0.25) is 0 Å². The average molecular weight is 376 g/mol. The van der Waals surface area contributed by atoms with Crippen LogP contribution in [0.4, 0.5) is 13.2 Å². The van der Waals surface area contributed by atoms with Crippen molar-refractivity contribution < 1.29 is 13.2 Å². The molecule has 2 aromatic heterocycles. The van der Waals surface area contributed by atoms with E-state index in [1.807, 2.05) is 6.92 Å². The van der Waals surface area contributed by atoms with Gasteiger partial charge in [-0.25, -0.2) is 4.98 Å². The summed E-state index contributed by atoms with van der Waals surface area (Å²) < 4.78 is 39.4. The summed E-state index contributed by atoms with van der Waals surface area (Å²) >= 11 is 0. The van der Waals surface area contributed by atoms with Crippen LogP contribution in [0.3, 0.4) is 0 Å². The number of nitrogens with zero attached hydrogens (tertiary/aromatic N) is 3. The Bertz CT molecular complexity index is 1020. The van der Waals surface area contributed by atoms with Crippen molar-refractivity contribution in [3.05, 3.63) is 69.5 Å². The lowest BCUT2D eigenvalue weighted by Gasteiger charge is -2.17. The van der Waals surface area contributed by atoms with Crippen LogP contribution < -0.4 is 5.56 Å². The van der Waals surface area contributed by atoms with E-state index >= 15 is 0 Å². The highest BCUT2D eigenvalue weighted by Gasteiger charge is 2.27. The minimum atomic E-state index is -4.23. The van der Waals surface area contributed by atoms with Gasteiger partial charge in [-0.2, -0.15) is 18.3 Å². The second kappa shape index (κ2) is 7.02. The molecule has 0 aliphatic carbocycles. The van der Waals surface area contributed by atoms with Gasteiger partial charge in [-0.3, -0.25) is 9.48 Å². The van der Waals surface area contributed by atoms with Gasteiger partial charge in [-0.1, -0.05) is 18.2 Å². The van der Waals surface area contributed by atoms with Crippen molar-refractivity contribution in [1.82, 2.24) is 19.7 Å². The second-order valence-electron chi connectivity index (χ2n) is 6.58. The van der Waals surface area contributed by atoms with Crippen molar-refractivity contribution in [3.8, 4) is 11.3 Å². The van der Waals surface area contributed by atoms with E-state index in [-0.39, 0.29) is 17.2 Å². The fraction of sp³-hybridized carbons (Fsp3) is 0.316. The molecule has 0 fully saturated rings. The van der Waals surface area contributed by atoms with Crippen molar-refractivity contribution in [2.24, 2.45) is 0 Å². The lowest BCUT2D eigenvalue weighted by Crippen LogP contribution is -2.13. The van der Waals surface area contributed by atoms with Crippen molar-refractivity contribution in [1.29, 1.82) is 0 Å². The first-order chi connectivity index (χ1) is 12.6. The number of H-pyrrole nitrogens is 1. The molecular weight excluding hydrogens is 357 g/mol. The Morgan fingerprint density at radius 1 is 1.22 bits per heavy atom. The second-order valence-corrected chi connectivity index (χ2v) is 6.58. The molecule has 0 unspecified atom stereocenters. The topological polar surface area (TPSA) is 63.6 Å². The number of alkyl halides is 3. The van der Waals surface area contributed by atoms with E-state index in [1.54, 1.807) is 43.1 Å². The molecule has 0 amide bonds. The molecule has 8 heteroatoms. The Morgan fingerprint density at radius 3 is 2.59 bits per heavy atom. The number of hydrogen-bond acceptors (Lipinski definition) is 3. The van der Waals surface area contributed by atoms with Crippen LogP contribution in [-0.2, 0) is 6.42 Å². The molecule has 5 nitrogen and oxygen atoms in total. The molecule has 0 saturated heterocycles. The molecule has 0 radical (unpaired) electrons. The van der Waals surface area contributed by atoms with Crippen LogP contribution in [0.15, 0.2) is 41.5 Å².